The van der Waals surface area contributed by atoms with Gasteiger partial charge < -0.3 is 5.32 Å². The van der Waals surface area contributed by atoms with E-state index in [4.69, 9.17) is 11.6 Å². The monoisotopic (exact) mass is 236 g/mol. The molecule has 4 heteroatoms. The Kier molecular flexibility index (Phi) is 4.81. The number of halogens is 1. The third-order valence-corrected chi connectivity index (χ3v) is 2.08. The molecule has 0 unspecified atom stereocenters. The lowest BCUT2D eigenvalue weighted by molar-refractivity contribution is -0.118. The molecule has 0 aliphatic heterocycles. The number of rotatable bonds is 2. The summed E-state index contributed by atoms with van der Waals surface area (Å²) >= 11 is 5.78. The molecule has 0 spiro atoms. The Balaban J connectivity index is 2.53. The van der Waals surface area contributed by atoms with Gasteiger partial charge in [0.25, 0.3) is 0 Å². The van der Waals surface area contributed by atoms with Crippen molar-refractivity contribution in [2.75, 3.05) is 6.54 Å². The summed E-state index contributed by atoms with van der Waals surface area (Å²) in [6, 6.07) is 1.83. The Hall–Kier alpha value is -1.53. The maximum absolute atomic E-state index is 10.6. The van der Waals surface area contributed by atoms with Gasteiger partial charge >= 0.3 is 0 Å². The highest BCUT2D eigenvalue weighted by Gasteiger charge is 1.96. The molecule has 1 aromatic rings. The molecule has 0 aromatic carbocycles. The topological polar surface area (TPSA) is 42.0 Å². The molecular weight excluding hydrogens is 224 g/mol. The number of carbonyl (C=O) groups excluding carboxylic acids is 1. The predicted octanol–water partition coefficient (Wildman–Crippen LogP) is 1.92. The first-order valence-corrected chi connectivity index (χ1v) is 5.33. The second-order valence-corrected chi connectivity index (χ2v) is 3.79. The van der Waals surface area contributed by atoms with Gasteiger partial charge in [0, 0.05) is 26.1 Å². The van der Waals surface area contributed by atoms with E-state index in [9.17, 15) is 4.79 Å². The van der Waals surface area contributed by atoms with Gasteiger partial charge in [-0.1, -0.05) is 17.5 Å². The summed E-state index contributed by atoms with van der Waals surface area (Å²) < 4.78 is 0. The molecule has 0 saturated carbocycles. The van der Waals surface area contributed by atoms with E-state index in [2.05, 4.69) is 22.1 Å². The molecule has 0 fully saturated rings. The molecule has 1 heterocycles. The van der Waals surface area contributed by atoms with E-state index < -0.39 is 0 Å². The lowest BCUT2D eigenvalue weighted by Gasteiger charge is -1.97. The van der Waals surface area contributed by atoms with Gasteiger partial charge in [-0.2, -0.15) is 0 Å². The van der Waals surface area contributed by atoms with Crippen LogP contribution in [0.25, 0.3) is 0 Å². The molecule has 0 aliphatic rings. The van der Waals surface area contributed by atoms with E-state index in [1.807, 2.05) is 13.0 Å². The fourth-order valence-corrected chi connectivity index (χ4v) is 1.33. The number of nitrogens with one attached hydrogen (secondary N) is 1. The van der Waals surface area contributed by atoms with Crippen LogP contribution in [0.3, 0.4) is 0 Å². The van der Waals surface area contributed by atoms with Crippen LogP contribution < -0.4 is 5.32 Å². The highest BCUT2D eigenvalue weighted by Crippen LogP contribution is 2.10. The molecular formula is C12H13ClN2O. The van der Waals surface area contributed by atoms with E-state index in [-0.39, 0.29) is 5.91 Å². The van der Waals surface area contributed by atoms with Crippen LogP contribution in [-0.4, -0.2) is 17.4 Å². The molecule has 0 radical (unpaired) electrons. The molecule has 1 amide bonds. The van der Waals surface area contributed by atoms with Crippen molar-refractivity contribution in [1.29, 1.82) is 0 Å². The van der Waals surface area contributed by atoms with Gasteiger partial charge in [-0.15, -0.1) is 0 Å². The van der Waals surface area contributed by atoms with Crippen molar-refractivity contribution in [2.24, 2.45) is 0 Å². The maximum Gasteiger partial charge on any atom is 0.216 e. The Morgan fingerprint density at radius 3 is 3.00 bits per heavy atom. The smallest absolute Gasteiger partial charge is 0.216 e. The minimum absolute atomic E-state index is 0.0393. The van der Waals surface area contributed by atoms with Crippen LogP contribution in [0.2, 0.25) is 5.02 Å². The minimum Gasteiger partial charge on any atom is -0.355 e. The van der Waals surface area contributed by atoms with Crippen LogP contribution in [0.1, 0.15) is 24.6 Å². The molecule has 1 aromatic heterocycles. The summed E-state index contributed by atoms with van der Waals surface area (Å²) in [6.07, 6.45) is 2.19. The summed E-state index contributed by atoms with van der Waals surface area (Å²) in [7, 11) is 0. The second-order valence-electron chi connectivity index (χ2n) is 3.35. The maximum atomic E-state index is 10.6. The molecule has 16 heavy (non-hydrogen) atoms. The number of carbonyl (C=O) groups is 1. The third-order valence-electron chi connectivity index (χ3n) is 1.88. The minimum atomic E-state index is -0.0393. The van der Waals surface area contributed by atoms with E-state index in [0.29, 0.717) is 18.0 Å². The summed E-state index contributed by atoms with van der Waals surface area (Å²) in [6.45, 7) is 3.96. The van der Waals surface area contributed by atoms with Crippen molar-refractivity contribution in [3.63, 3.8) is 0 Å². The van der Waals surface area contributed by atoms with Crippen LogP contribution in [-0.2, 0) is 4.79 Å². The summed E-state index contributed by atoms with van der Waals surface area (Å²) in [5, 5.41) is 3.28. The zero-order chi connectivity index (χ0) is 12.0. The largest absolute Gasteiger partial charge is 0.355 e. The number of aromatic nitrogens is 1. The summed E-state index contributed by atoms with van der Waals surface area (Å²) in [5.41, 5.74) is 1.69. The second kappa shape index (κ2) is 6.14. The number of aryl methyl sites for hydroxylation is 1. The van der Waals surface area contributed by atoms with Gasteiger partial charge in [-0.3, -0.25) is 4.79 Å². The molecule has 0 aliphatic carbocycles. The van der Waals surface area contributed by atoms with Gasteiger partial charge in [-0.25, -0.2) is 4.98 Å². The highest BCUT2D eigenvalue weighted by molar-refractivity contribution is 6.30. The van der Waals surface area contributed by atoms with Crippen LogP contribution >= 0.6 is 11.6 Å². The van der Waals surface area contributed by atoms with Gasteiger partial charge in [0.15, 0.2) is 0 Å². The molecule has 0 bridgehead atoms. The molecule has 0 saturated heterocycles. The van der Waals surface area contributed by atoms with Gasteiger partial charge in [0.2, 0.25) is 5.91 Å². The average Bonchev–Trinajstić information content (AvgIpc) is 2.20. The SMILES string of the molecule is CC(=O)NCCC#Cc1ncc(Cl)cc1C. The van der Waals surface area contributed by atoms with Crippen molar-refractivity contribution >= 4 is 17.5 Å². The molecule has 3 nitrogen and oxygen atoms in total. The van der Waals surface area contributed by atoms with Crippen LogP contribution in [0, 0.1) is 18.8 Å². The van der Waals surface area contributed by atoms with E-state index in [1.54, 1.807) is 6.20 Å². The molecule has 1 rings (SSSR count). The first kappa shape index (κ1) is 12.5. The van der Waals surface area contributed by atoms with Crippen molar-refractivity contribution in [3.8, 4) is 11.8 Å². The summed E-state index contributed by atoms with van der Waals surface area (Å²) in [5.74, 6) is 5.85. The number of hydrogen-bond donors (Lipinski definition) is 1. The summed E-state index contributed by atoms with van der Waals surface area (Å²) in [4.78, 5) is 14.7. The number of pyridine rings is 1. The van der Waals surface area contributed by atoms with E-state index in [1.165, 1.54) is 6.92 Å². The van der Waals surface area contributed by atoms with E-state index >= 15 is 0 Å². The fraction of sp³-hybridized carbons (Fsp3) is 0.333. The molecule has 84 valence electrons. The van der Waals surface area contributed by atoms with Crippen molar-refractivity contribution in [3.05, 3.63) is 28.5 Å². The van der Waals surface area contributed by atoms with Crippen LogP contribution in [0.4, 0.5) is 0 Å². The molecule has 1 N–H and O–H groups in total. The Bertz CT molecular complexity index is 446. The fourth-order valence-electron chi connectivity index (χ4n) is 1.12. The number of nitrogens with zero attached hydrogens (tertiary/aromatic N) is 1. The van der Waals surface area contributed by atoms with Gasteiger partial charge in [0.05, 0.1) is 5.02 Å². The third kappa shape index (κ3) is 4.33. The predicted molar refractivity (Wildman–Crippen MR) is 64.2 cm³/mol. The first-order chi connectivity index (χ1) is 7.59. The zero-order valence-electron chi connectivity index (χ0n) is 9.30. The number of hydrogen-bond acceptors (Lipinski definition) is 2. The van der Waals surface area contributed by atoms with Crippen molar-refractivity contribution < 1.29 is 4.79 Å². The standard InChI is InChI=1S/C12H13ClN2O/c1-9-7-11(13)8-15-12(9)5-3-4-6-14-10(2)16/h7-8H,4,6H2,1-2H3,(H,14,16). The van der Waals surface area contributed by atoms with E-state index in [0.717, 1.165) is 11.3 Å². The Morgan fingerprint density at radius 1 is 1.62 bits per heavy atom. The molecule has 0 atom stereocenters. The average molecular weight is 237 g/mol. The lowest BCUT2D eigenvalue weighted by atomic mass is 10.2. The van der Waals surface area contributed by atoms with Crippen molar-refractivity contribution in [1.82, 2.24) is 10.3 Å². The lowest BCUT2D eigenvalue weighted by Crippen LogP contribution is -2.20. The first-order valence-electron chi connectivity index (χ1n) is 4.95. The Morgan fingerprint density at radius 2 is 2.38 bits per heavy atom. The van der Waals surface area contributed by atoms with Crippen LogP contribution in [0.5, 0.6) is 0 Å². The van der Waals surface area contributed by atoms with Crippen molar-refractivity contribution in [2.45, 2.75) is 20.3 Å². The van der Waals surface area contributed by atoms with Crippen LogP contribution in [0.15, 0.2) is 12.3 Å². The van der Waals surface area contributed by atoms with Gasteiger partial charge in [0.1, 0.15) is 5.69 Å². The normalized spacial score (nSPS) is 9.19. The van der Waals surface area contributed by atoms with Gasteiger partial charge in [-0.05, 0) is 24.5 Å². The number of amides is 1. The Labute approximate surface area is 100 Å². The quantitative estimate of drug-likeness (QED) is 0.630. The highest BCUT2D eigenvalue weighted by atomic mass is 35.5. The zero-order valence-corrected chi connectivity index (χ0v) is 10.1.